The highest BCUT2D eigenvalue weighted by Crippen LogP contribution is 2.39. The van der Waals surface area contributed by atoms with E-state index >= 15 is 0 Å². The van der Waals surface area contributed by atoms with E-state index in [-0.39, 0.29) is 24.5 Å². The maximum Gasteiger partial charge on any atom is 0.304 e. The lowest BCUT2D eigenvalue weighted by atomic mass is 9.83. The zero-order valence-corrected chi connectivity index (χ0v) is 23.7. The topological polar surface area (TPSA) is 93.4 Å². The normalized spacial score (nSPS) is 19.6. The Morgan fingerprint density at radius 1 is 1.23 bits per heavy atom. The van der Waals surface area contributed by atoms with Crippen molar-refractivity contribution in [2.45, 2.75) is 77.5 Å². The highest BCUT2D eigenvalue weighted by atomic mass is 16.5. The molecule has 2 aromatic heterocycles. The third-order valence-electron chi connectivity index (χ3n) is 8.87. The predicted octanol–water partition coefficient (Wildman–Crippen LogP) is 5.50. The zero-order chi connectivity index (χ0) is 28.0. The van der Waals surface area contributed by atoms with E-state index < -0.39 is 5.97 Å². The number of pyridine rings is 1. The van der Waals surface area contributed by atoms with E-state index in [9.17, 15) is 9.90 Å². The van der Waals surface area contributed by atoms with Crippen LogP contribution in [0.4, 0.5) is 0 Å². The van der Waals surface area contributed by atoms with Crippen LogP contribution >= 0.6 is 0 Å². The second-order valence-electron chi connectivity index (χ2n) is 11.3. The Bertz CT molecular complexity index is 1580. The molecule has 0 amide bonds. The second kappa shape index (κ2) is 10.7. The Labute approximate surface area is 235 Å². The largest absolute Gasteiger partial charge is 0.487 e. The van der Waals surface area contributed by atoms with Crippen LogP contribution in [0.25, 0.3) is 11.0 Å². The summed E-state index contributed by atoms with van der Waals surface area (Å²) >= 11 is 0. The number of aromatic nitrogens is 4. The molecule has 0 saturated carbocycles. The number of hydrogen-bond donors (Lipinski definition) is 1. The van der Waals surface area contributed by atoms with Gasteiger partial charge in [-0.1, -0.05) is 30.3 Å². The molecular weight excluding hydrogens is 502 g/mol. The lowest BCUT2D eigenvalue weighted by Crippen LogP contribution is -2.34. The Morgan fingerprint density at radius 2 is 2.08 bits per heavy atom. The van der Waals surface area contributed by atoms with Gasteiger partial charge >= 0.3 is 5.97 Å². The van der Waals surface area contributed by atoms with Gasteiger partial charge in [-0.3, -0.25) is 14.7 Å². The number of aryl methyl sites for hydroxylation is 3. The fourth-order valence-electron chi connectivity index (χ4n) is 6.63. The molecule has 6 rings (SSSR count). The number of fused-ring (bicyclic) bond motifs is 3. The lowest BCUT2D eigenvalue weighted by Gasteiger charge is -2.30. The van der Waals surface area contributed by atoms with Crippen LogP contribution in [0.3, 0.4) is 0 Å². The average Bonchev–Trinajstić information content (AvgIpc) is 3.55. The first kappa shape index (κ1) is 26.4. The average molecular weight is 540 g/mol. The van der Waals surface area contributed by atoms with E-state index in [1.54, 1.807) is 4.68 Å². The number of rotatable bonds is 7. The van der Waals surface area contributed by atoms with Gasteiger partial charge in [0.15, 0.2) is 0 Å². The van der Waals surface area contributed by atoms with Gasteiger partial charge in [-0.2, -0.15) is 0 Å². The van der Waals surface area contributed by atoms with Crippen molar-refractivity contribution in [3.8, 4) is 5.75 Å². The number of carboxylic acids is 1. The van der Waals surface area contributed by atoms with Crippen molar-refractivity contribution in [1.82, 2.24) is 24.9 Å². The highest BCUT2D eigenvalue weighted by Gasteiger charge is 2.31. The molecule has 1 N–H and O–H groups in total. The summed E-state index contributed by atoms with van der Waals surface area (Å²) < 4.78 is 8.13. The van der Waals surface area contributed by atoms with Gasteiger partial charge in [0.05, 0.1) is 23.7 Å². The molecular formula is C32H37N5O3. The first-order valence-corrected chi connectivity index (χ1v) is 14.3. The van der Waals surface area contributed by atoms with E-state index in [4.69, 9.17) is 9.72 Å². The maximum absolute atomic E-state index is 12.2. The molecule has 1 aliphatic heterocycles. The number of carboxylic acid groups (broad SMARTS) is 1. The number of hydrogen-bond acceptors (Lipinski definition) is 6. The van der Waals surface area contributed by atoms with Crippen molar-refractivity contribution in [3.05, 3.63) is 81.7 Å². The van der Waals surface area contributed by atoms with Crippen molar-refractivity contribution in [2.24, 2.45) is 7.05 Å². The fraction of sp³-hybridized carbons (Fsp3) is 0.438. The number of benzene rings is 2. The second-order valence-corrected chi connectivity index (χ2v) is 11.3. The minimum Gasteiger partial charge on any atom is -0.487 e. The van der Waals surface area contributed by atoms with E-state index in [2.05, 4.69) is 47.3 Å². The molecule has 0 radical (unpaired) electrons. The third kappa shape index (κ3) is 4.74. The van der Waals surface area contributed by atoms with Gasteiger partial charge in [-0.25, -0.2) is 4.68 Å². The minimum absolute atomic E-state index is 0.0218. The van der Waals surface area contributed by atoms with Crippen molar-refractivity contribution in [2.75, 3.05) is 6.54 Å². The van der Waals surface area contributed by atoms with Gasteiger partial charge in [-0.05, 0) is 91.1 Å². The minimum atomic E-state index is -0.808. The van der Waals surface area contributed by atoms with Crippen molar-refractivity contribution >= 4 is 17.0 Å². The molecule has 2 aliphatic rings. The maximum atomic E-state index is 12.2. The molecule has 4 aromatic rings. The van der Waals surface area contributed by atoms with Crippen LogP contribution in [-0.2, 0) is 31.2 Å². The van der Waals surface area contributed by atoms with Crippen LogP contribution < -0.4 is 4.74 Å². The standard InChI is InChI=1S/C32H37N5O3/c1-5-24-18-37(20(3)32-29(40-24)10-7-13-33-32)17-23-15-22(14-21-8-6-9-26(21)23)27(16-30(38)39)25-11-12-28-31(19(25)2)34-35-36(28)4/h7,10-15,20,24,27H,5-6,8-9,16-18H2,1-4H3,(H,38,39)/t20-,24+,27-/m0/s1. The quantitative estimate of drug-likeness (QED) is 0.331. The smallest absolute Gasteiger partial charge is 0.304 e. The summed E-state index contributed by atoms with van der Waals surface area (Å²) in [5.41, 5.74) is 9.87. The summed E-state index contributed by atoms with van der Waals surface area (Å²) in [7, 11) is 1.88. The van der Waals surface area contributed by atoms with E-state index in [0.717, 1.165) is 77.9 Å². The molecule has 208 valence electrons. The van der Waals surface area contributed by atoms with Crippen LogP contribution in [-0.4, -0.2) is 48.6 Å². The predicted molar refractivity (Wildman–Crippen MR) is 154 cm³/mol. The molecule has 3 atom stereocenters. The van der Waals surface area contributed by atoms with E-state index in [0.29, 0.717) is 0 Å². The van der Waals surface area contributed by atoms with Crippen LogP contribution in [0.5, 0.6) is 5.75 Å². The summed E-state index contributed by atoms with van der Waals surface area (Å²) in [6.45, 7) is 8.00. The van der Waals surface area contributed by atoms with Crippen LogP contribution in [0.1, 0.15) is 84.1 Å². The molecule has 1 aliphatic carbocycles. The number of ether oxygens (including phenoxy) is 1. The monoisotopic (exact) mass is 539 g/mol. The zero-order valence-electron chi connectivity index (χ0n) is 23.7. The molecule has 40 heavy (non-hydrogen) atoms. The third-order valence-corrected chi connectivity index (χ3v) is 8.87. The van der Waals surface area contributed by atoms with Crippen molar-refractivity contribution in [3.63, 3.8) is 0 Å². The molecule has 2 aromatic carbocycles. The van der Waals surface area contributed by atoms with Crippen molar-refractivity contribution in [1.29, 1.82) is 0 Å². The van der Waals surface area contributed by atoms with Crippen LogP contribution in [0.2, 0.25) is 0 Å². The van der Waals surface area contributed by atoms with Gasteiger partial charge in [0.1, 0.15) is 17.4 Å². The van der Waals surface area contributed by atoms with Crippen molar-refractivity contribution < 1.29 is 14.6 Å². The molecule has 8 nitrogen and oxygen atoms in total. The Morgan fingerprint density at radius 3 is 2.88 bits per heavy atom. The van der Waals surface area contributed by atoms with E-state index in [1.807, 2.05) is 38.4 Å². The molecule has 8 heteroatoms. The van der Waals surface area contributed by atoms with Gasteiger partial charge in [0, 0.05) is 32.3 Å². The molecule has 0 unspecified atom stereocenters. The van der Waals surface area contributed by atoms with Gasteiger partial charge < -0.3 is 9.84 Å². The van der Waals surface area contributed by atoms with Gasteiger partial charge in [-0.15, -0.1) is 5.10 Å². The van der Waals surface area contributed by atoms with E-state index in [1.165, 1.54) is 16.7 Å². The number of carbonyl (C=O) groups is 1. The number of nitrogens with zero attached hydrogens (tertiary/aromatic N) is 5. The summed E-state index contributed by atoms with van der Waals surface area (Å²) in [6, 6.07) is 12.7. The number of aliphatic carboxylic acids is 1. The molecule has 0 fully saturated rings. The Hall–Kier alpha value is -3.78. The Balaban J connectivity index is 1.42. The van der Waals surface area contributed by atoms with Crippen LogP contribution in [0.15, 0.2) is 42.6 Å². The van der Waals surface area contributed by atoms with Crippen LogP contribution in [0, 0.1) is 6.92 Å². The highest BCUT2D eigenvalue weighted by molar-refractivity contribution is 5.80. The molecule has 0 bridgehead atoms. The lowest BCUT2D eigenvalue weighted by molar-refractivity contribution is -0.137. The summed E-state index contributed by atoms with van der Waals surface area (Å²) in [4.78, 5) is 19.4. The SMILES string of the molecule is CC[C@@H]1CN(Cc2cc([C@H](CC(=O)O)c3ccc4c(nnn4C)c3C)cc3c2CCC3)[C@@H](C)c2ncccc2O1. The van der Waals surface area contributed by atoms with Gasteiger partial charge in [0.2, 0.25) is 0 Å². The Kier molecular flexibility index (Phi) is 7.04. The first-order valence-electron chi connectivity index (χ1n) is 14.3. The first-order chi connectivity index (χ1) is 19.3. The molecule has 0 saturated heterocycles. The molecule has 0 spiro atoms. The summed E-state index contributed by atoms with van der Waals surface area (Å²) in [5.74, 6) is -0.207. The summed E-state index contributed by atoms with van der Waals surface area (Å²) in [5, 5.41) is 18.6. The molecule has 3 heterocycles. The summed E-state index contributed by atoms with van der Waals surface area (Å²) in [6.07, 6.45) is 6.08. The van der Waals surface area contributed by atoms with Gasteiger partial charge in [0.25, 0.3) is 0 Å². The fourth-order valence-corrected chi connectivity index (χ4v) is 6.63.